The summed E-state index contributed by atoms with van der Waals surface area (Å²) in [5.41, 5.74) is 2.29. The molecule has 2 aliphatic rings. The average Bonchev–Trinajstić information content (AvgIpc) is 2.99. The molecule has 5 nitrogen and oxygen atoms in total. The molecule has 1 aromatic heterocycles. The van der Waals surface area contributed by atoms with E-state index in [1.165, 1.54) is 6.07 Å². The maximum absolute atomic E-state index is 12.1. The molecule has 116 valence electrons. The molecule has 1 aliphatic heterocycles. The van der Waals surface area contributed by atoms with Gasteiger partial charge in [-0.1, -0.05) is 47.1 Å². The number of benzene rings is 1. The quantitative estimate of drug-likeness (QED) is 0.480. The minimum Gasteiger partial charge on any atom is -0.310 e. The van der Waals surface area contributed by atoms with E-state index in [0.29, 0.717) is 5.71 Å². The first-order valence-electron chi connectivity index (χ1n) is 7.21. The number of hydrogen-bond donors (Lipinski definition) is 0. The fraction of sp³-hybridized carbons (Fsp3) is 0. The third-order valence-electron chi connectivity index (χ3n) is 3.59. The summed E-state index contributed by atoms with van der Waals surface area (Å²) in [5.74, 6) is -0.668. The fourth-order valence-corrected chi connectivity index (χ4v) is 2.71. The van der Waals surface area contributed by atoms with Crippen molar-refractivity contribution in [2.75, 3.05) is 0 Å². The van der Waals surface area contributed by atoms with Gasteiger partial charge in [0.05, 0.1) is 11.1 Å². The van der Waals surface area contributed by atoms with Crippen LogP contribution in [0.3, 0.4) is 0 Å². The van der Waals surface area contributed by atoms with E-state index in [9.17, 15) is 4.79 Å². The summed E-state index contributed by atoms with van der Waals surface area (Å²) in [5, 5.41) is 6.05. The molecule has 0 bridgehead atoms. The first-order chi connectivity index (χ1) is 11.7. The van der Waals surface area contributed by atoms with Gasteiger partial charge in [-0.3, -0.25) is 0 Å². The lowest BCUT2D eigenvalue weighted by Gasteiger charge is -2.08. The van der Waals surface area contributed by atoms with Crippen LogP contribution in [0.5, 0.6) is 0 Å². The Morgan fingerprint density at radius 2 is 2.00 bits per heavy atom. The smallest absolute Gasteiger partial charge is 0.310 e. The second-order valence-corrected chi connectivity index (χ2v) is 5.50. The zero-order valence-electron chi connectivity index (χ0n) is 12.3. The van der Waals surface area contributed by atoms with Crippen molar-refractivity contribution in [2.45, 2.75) is 0 Å². The molecule has 0 saturated heterocycles. The third kappa shape index (κ3) is 2.55. The van der Waals surface area contributed by atoms with Crippen molar-refractivity contribution < 1.29 is 9.63 Å². The number of carbonyl (C=O) groups excluding carboxylic acids is 1. The van der Waals surface area contributed by atoms with Crippen molar-refractivity contribution in [1.82, 2.24) is 4.98 Å². The van der Waals surface area contributed by atoms with Crippen LogP contribution >= 0.6 is 11.6 Å². The lowest BCUT2D eigenvalue weighted by atomic mass is 10.0. The molecular weight excluding hydrogens is 326 g/mol. The maximum Gasteiger partial charge on any atom is 0.383 e. The highest BCUT2D eigenvalue weighted by Gasteiger charge is 2.20. The number of allylic oxidation sites excluding steroid dienone is 4. The lowest BCUT2D eigenvalue weighted by molar-refractivity contribution is 0.0510. The number of hydrogen-bond acceptors (Lipinski definition) is 5. The number of nitrogens with zero attached hydrogens (tertiary/aromatic N) is 3. The summed E-state index contributed by atoms with van der Waals surface area (Å²) in [6.07, 6.45) is 5.49. The van der Waals surface area contributed by atoms with Gasteiger partial charge in [-0.2, -0.15) is 0 Å². The molecule has 24 heavy (non-hydrogen) atoms. The highest BCUT2D eigenvalue weighted by molar-refractivity contribution is 6.30. The Morgan fingerprint density at radius 3 is 2.88 bits per heavy atom. The summed E-state index contributed by atoms with van der Waals surface area (Å²) in [7, 11) is 0. The minimum absolute atomic E-state index is 0.101. The Bertz CT molecular complexity index is 1070. The van der Waals surface area contributed by atoms with Crippen molar-refractivity contribution in [3.8, 4) is 0 Å². The molecule has 1 aromatic carbocycles. The summed E-state index contributed by atoms with van der Waals surface area (Å²) in [4.78, 5) is 25.5. The van der Waals surface area contributed by atoms with E-state index in [1.807, 2.05) is 36.4 Å². The number of fused-ring (bicyclic) bond motifs is 2. The van der Waals surface area contributed by atoms with Gasteiger partial charge >= 0.3 is 5.97 Å². The van der Waals surface area contributed by atoms with Crippen LogP contribution in [0.15, 0.2) is 76.5 Å². The monoisotopic (exact) mass is 335 g/mol. The molecule has 0 amide bonds. The van der Waals surface area contributed by atoms with E-state index in [4.69, 9.17) is 16.4 Å². The van der Waals surface area contributed by atoms with Crippen LogP contribution < -0.4 is 10.6 Å². The standard InChI is InChI=1S/C18H10ClN3O2/c19-16-10-4-9-15(21-16)18(23)24-22-14-8-3-7-13-17(14)11-5-1-2-6-12(11)20-13/h1-10H. The van der Waals surface area contributed by atoms with Gasteiger partial charge in [0.1, 0.15) is 10.9 Å². The highest BCUT2D eigenvalue weighted by Crippen LogP contribution is 2.21. The Labute approximate surface area is 142 Å². The number of carbonyl (C=O) groups is 1. The van der Waals surface area contributed by atoms with Crippen LogP contribution in [0.1, 0.15) is 10.5 Å². The molecule has 4 rings (SSSR count). The van der Waals surface area contributed by atoms with Crippen LogP contribution in [-0.2, 0) is 4.84 Å². The second-order valence-electron chi connectivity index (χ2n) is 5.12. The molecule has 1 aliphatic carbocycles. The number of halogens is 1. The van der Waals surface area contributed by atoms with E-state index < -0.39 is 5.97 Å². The topological polar surface area (TPSA) is 63.9 Å². The molecule has 6 heteroatoms. The predicted octanol–water partition coefficient (Wildman–Crippen LogP) is 2.19. The van der Waals surface area contributed by atoms with Gasteiger partial charge in [-0.25, -0.2) is 14.8 Å². The van der Waals surface area contributed by atoms with E-state index in [-0.39, 0.29) is 10.8 Å². The van der Waals surface area contributed by atoms with Crippen molar-refractivity contribution in [1.29, 1.82) is 0 Å². The molecule has 0 spiro atoms. The highest BCUT2D eigenvalue weighted by atomic mass is 35.5. The summed E-state index contributed by atoms with van der Waals surface area (Å²) >= 11 is 5.78. The first-order valence-corrected chi connectivity index (χ1v) is 7.59. The SMILES string of the molecule is O=C(ON=C1C=CC=C2N=c3ccccc3=C21)c1cccc(Cl)n1. The molecule has 0 saturated carbocycles. The Morgan fingerprint density at radius 1 is 1.12 bits per heavy atom. The van der Waals surface area contributed by atoms with Crippen molar-refractivity contribution >= 4 is 28.9 Å². The van der Waals surface area contributed by atoms with Crippen molar-refractivity contribution in [2.24, 2.45) is 10.1 Å². The third-order valence-corrected chi connectivity index (χ3v) is 3.80. The Kier molecular flexibility index (Phi) is 3.55. The first kappa shape index (κ1) is 14.5. The molecule has 0 N–H and O–H groups in total. The van der Waals surface area contributed by atoms with Gasteiger partial charge in [0.25, 0.3) is 0 Å². The number of oxime groups is 1. The van der Waals surface area contributed by atoms with Gasteiger partial charge in [-0.15, -0.1) is 0 Å². The van der Waals surface area contributed by atoms with Gasteiger partial charge in [-0.05, 0) is 30.4 Å². The van der Waals surface area contributed by atoms with Crippen molar-refractivity contribution in [3.63, 3.8) is 0 Å². The van der Waals surface area contributed by atoms with Gasteiger partial charge in [0.2, 0.25) is 0 Å². The van der Waals surface area contributed by atoms with Crippen molar-refractivity contribution in [3.05, 3.63) is 87.8 Å². The lowest BCUT2D eigenvalue weighted by Crippen LogP contribution is -2.24. The fourth-order valence-electron chi connectivity index (χ4n) is 2.55. The predicted molar refractivity (Wildman–Crippen MR) is 90.0 cm³/mol. The Hall–Kier alpha value is -3.05. The van der Waals surface area contributed by atoms with E-state index in [1.54, 1.807) is 18.2 Å². The number of aromatic nitrogens is 1. The zero-order valence-corrected chi connectivity index (χ0v) is 13.1. The van der Waals surface area contributed by atoms with Crippen LogP contribution in [0.25, 0.3) is 5.57 Å². The van der Waals surface area contributed by atoms with Crippen LogP contribution in [0, 0.1) is 0 Å². The number of pyridine rings is 1. The maximum atomic E-state index is 12.1. The minimum atomic E-state index is -0.668. The van der Waals surface area contributed by atoms with Gasteiger partial charge in [0.15, 0.2) is 5.69 Å². The van der Waals surface area contributed by atoms with Crippen LogP contribution in [0.4, 0.5) is 0 Å². The number of para-hydroxylation sites is 1. The summed E-state index contributed by atoms with van der Waals surface area (Å²) < 4.78 is 0. The van der Waals surface area contributed by atoms with E-state index in [0.717, 1.165) is 21.8 Å². The summed E-state index contributed by atoms with van der Waals surface area (Å²) in [6, 6.07) is 12.5. The van der Waals surface area contributed by atoms with E-state index >= 15 is 0 Å². The normalized spacial score (nSPS) is 16.3. The number of rotatable bonds is 2. The molecule has 0 atom stereocenters. The Balaban J connectivity index is 1.69. The summed E-state index contributed by atoms with van der Waals surface area (Å²) in [6.45, 7) is 0. The van der Waals surface area contributed by atoms with Gasteiger partial charge < -0.3 is 4.84 Å². The average molecular weight is 336 g/mol. The molecule has 2 heterocycles. The zero-order chi connectivity index (χ0) is 16.5. The van der Waals surface area contributed by atoms with Crippen LogP contribution in [0.2, 0.25) is 5.15 Å². The van der Waals surface area contributed by atoms with Crippen LogP contribution in [-0.4, -0.2) is 16.7 Å². The molecule has 0 fully saturated rings. The van der Waals surface area contributed by atoms with Gasteiger partial charge in [0, 0.05) is 10.8 Å². The second kappa shape index (κ2) is 5.86. The molecule has 2 aromatic rings. The molecule has 0 unspecified atom stereocenters. The molecule has 0 radical (unpaired) electrons. The molecular formula is C18H10ClN3O2. The van der Waals surface area contributed by atoms with E-state index in [2.05, 4.69) is 15.1 Å². The largest absolute Gasteiger partial charge is 0.383 e.